The molecule has 0 atom stereocenters. The second-order valence-corrected chi connectivity index (χ2v) is 12.0. The molecule has 3 aliphatic rings. The fourth-order valence-corrected chi connectivity index (χ4v) is 6.86. The fourth-order valence-electron chi connectivity index (χ4n) is 5.90. The topological polar surface area (TPSA) is 118 Å². The number of likely N-dealkylation sites (tertiary alicyclic amines) is 1. The lowest BCUT2D eigenvalue weighted by Gasteiger charge is -2.34. The van der Waals surface area contributed by atoms with E-state index in [0.29, 0.717) is 48.9 Å². The van der Waals surface area contributed by atoms with E-state index in [1.165, 1.54) is 5.56 Å². The summed E-state index contributed by atoms with van der Waals surface area (Å²) in [6.07, 6.45) is 1.59. The second kappa shape index (κ2) is 11.0. The third-order valence-corrected chi connectivity index (χ3v) is 9.31. The maximum Gasteiger partial charge on any atom is 0.276 e. The average Bonchev–Trinajstić information content (AvgIpc) is 3.77. The molecule has 3 aromatic heterocycles. The van der Waals surface area contributed by atoms with Crippen molar-refractivity contribution in [1.82, 2.24) is 39.5 Å². The van der Waals surface area contributed by atoms with Crippen LogP contribution in [0.1, 0.15) is 61.7 Å². The summed E-state index contributed by atoms with van der Waals surface area (Å²) in [5.74, 6) is 1.68. The number of amides is 2. The standard InChI is InChI=1S/C29H32N8O4S/c1-18-13-25-31-32-26(19(2)37(25)33-18)29(39)35-7-5-21(6-8-35)27-30-22(16-42-27)28(38)36-11-9-34(10-12-36)15-20-3-4-23-24(14-20)41-17-40-23/h3-4,13-14,16,21H,5-12,15,17H2,1-2H3. The highest BCUT2D eigenvalue weighted by molar-refractivity contribution is 7.09. The Morgan fingerprint density at radius 1 is 0.929 bits per heavy atom. The molecule has 2 saturated heterocycles. The Morgan fingerprint density at radius 2 is 1.69 bits per heavy atom. The second-order valence-electron chi connectivity index (χ2n) is 11.1. The van der Waals surface area contributed by atoms with Gasteiger partial charge in [-0.2, -0.15) is 5.10 Å². The van der Waals surface area contributed by atoms with E-state index in [2.05, 4.69) is 26.3 Å². The van der Waals surface area contributed by atoms with Gasteiger partial charge in [0.2, 0.25) is 6.79 Å². The minimum Gasteiger partial charge on any atom is -0.454 e. The first-order valence-electron chi connectivity index (χ1n) is 14.3. The Kier molecular flexibility index (Phi) is 6.98. The predicted octanol–water partition coefficient (Wildman–Crippen LogP) is 2.90. The van der Waals surface area contributed by atoms with Gasteiger partial charge in [0.05, 0.1) is 16.4 Å². The van der Waals surface area contributed by atoms with E-state index in [-0.39, 0.29) is 24.5 Å². The molecular weight excluding hydrogens is 556 g/mol. The van der Waals surface area contributed by atoms with Gasteiger partial charge in [-0.3, -0.25) is 14.5 Å². The summed E-state index contributed by atoms with van der Waals surface area (Å²) in [6, 6.07) is 7.90. The first kappa shape index (κ1) is 26.8. The van der Waals surface area contributed by atoms with Crippen molar-refractivity contribution in [3.05, 3.63) is 63.0 Å². The molecule has 1 aromatic carbocycles. The smallest absolute Gasteiger partial charge is 0.276 e. The minimum absolute atomic E-state index is 0.00820. The lowest BCUT2D eigenvalue weighted by atomic mass is 9.97. The number of carbonyl (C=O) groups excluding carboxylic acids is 2. The summed E-state index contributed by atoms with van der Waals surface area (Å²) in [4.78, 5) is 37.4. The monoisotopic (exact) mass is 588 g/mol. The molecule has 2 amide bonds. The molecule has 2 fully saturated rings. The van der Waals surface area contributed by atoms with Crippen LogP contribution in [-0.4, -0.2) is 97.4 Å². The van der Waals surface area contributed by atoms with E-state index >= 15 is 0 Å². The van der Waals surface area contributed by atoms with Gasteiger partial charge in [-0.15, -0.1) is 21.5 Å². The zero-order chi connectivity index (χ0) is 28.8. The number of ether oxygens (including phenoxy) is 2. The fraction of sp³-hybridized carbons (Fsp3) is 0.448. The Bertz CT molecular complexity index is 1650. The molecule has 3 aliphatic heterocycles. The summed E-state index contributed by atoms with van der Waals surface area (Å²) in [7, 11) is 0. The maximum atomic E-state index is 13.3. The highest BCUT2D eigenvalue weighted by atomic mass is 32.1. The van der Waals surface area contributed by atoms with Crippen LogP contribution in [0.25, 0.3) is 5.65 Å². The van der Waals surface area contributed by atoms with Crippen molar-refractivity contribution in [2.75, 3.05) is 46.1 Å². The van der Waals surface area contributed by atoms with Crippen LogP contribution in [0.2, 0.25) is 0 Å². The van der Waals surface area contributed by atoms with Crippen molar-refractivity contribution < 1.29 is 19.1 Å². The largest absolute Gasteiger partial charge is 0.454 e. The molecule has 13 heteroatoms. The summed E-state index contributed by atoms with van der Waals surface area (Å²) in [5, 5.41) is 15.7. The molecule has 0 radical (unpaired) electrons. The molecule has 4 aromatic rings. The summed E-state index contributed by atoms with van der Waals surface area (Å²) in [5.41, 5.74) is 4.19. The first-order valence-corrected chi connectivity index (χ1v) is 15.2. The lowest BCUT2D eigenvalue weighted by Crippen LogP contribution is -2.48. The molecule has 12 nitrogen and oxygen atoms in total. The van der Waals surface area contributed by atoms with E-state index in [4.69, 9.17) is 14.5 Å². The van der Waals surface area contributed by atoms with Crippen molar-refractivity contribution in [3.8, 4) is 11.5 Å². The van der Waals surface area contributed by atoms with Crippen LogP contribution < -0.4 is 9.47 Å². The Hall–Kier alpha value is -4.10. The highest BCUT2D eigenvalue weighted by Gasteiger charge is 2.30. The van der Waals surface area contributed by atoms with Gasteiger partial charge in [0, 0.05) is 63.2 Å². The van der Waals surface area contributed by atoms with Crippen LogP contribution >= 0.6 is 11.3 Å². The quantitative estimate of drug-likeness (QED) is 0.347. The van der Waals surface area contributed by atoms with Crippen LogP contribution in [0, 0.1) is 13.8 Å². The summed E-state index contributed by atoms with van der Waals surface area (Å²) >= 11 is 1.54. The SMILES string of the molecule is Cc1cc2nnc(C(=O)N3CCC(c4nc(C(=O)N5CCN(Cc6ccc7c(c6)OCO7)CC5)cs4)CC3)c(C)n2n1. The van der Waals surface area contributed by atoms with E-state index in [9.17, 15) is 9.59 Å². The molecule has 0 N–H and O–H groups in total. The molecule has 0 unspecified atom stereocenters. The van der Waals surface area contributed by atoms with Crippen molar-refractivity contribution >= 4 is 28.8 Å². The Morgan fingerprint density at radius 3 is 2.50 bits per heavy atom. The zero-order valence-corrected chi connectivity index (χ0v) is 24.5. The molecular formula is C29H32N8O4S. The van der Waals surface area contributed by atoms with Crippen LogP contribution in [0.15, 0.2) is 29.6 Å². The van der Waals surface area contributed by atoms with Gasteiger partial charge in [0.1, 0.15) is 5.69 Å². The van der Waals surface area contributed by atoms with Gasteiger partial charge in [-0.05, 0) is 44.4 Å². The number of hydrogen-bond donors (Lipinski definition) is 0. The molecule has 7 rings (SSSR count). The van der Waals surface area contributed by atoms with Gasteiger partial charge in [0.15, 0.2) is 22.8 Å². The molecule has 0 spiro atoms. The van der Waals surface area contributed by atoms with E-state index in [1.54, 1.807) is 15.9 Å². The van der Waals surface area contributed by atoms with Crippen LogP contribution in [0.4, 0.5) is 0 Å². The number of nitrogens with zero attached hydrogens (tertiary/aromatic N) is 8. The summed E-state index contributed by atoms with van der Waals surface area (Å²) < 4.78 is 12.6. The number of thiazole rings is 1. The normalized spacial score (nSPS) is 17.8. The summed E-state index contributed by atoms with van der Waals surface area (Å²) in [6.45, 7) is 8.99. The van der Waals surface area contributed by atoms with Crippen LogP contribution in [0.5, 0.6) is 11.5 Å². The minimum atomic E-state index is -0.124. The van der Waals surface area contributed by atoms with E-state index < -0.39 is 0 Å². The van der Waals surface area contributed by atoms with Crippen LogP contribution in [0.3, 0.4) is 0 Å². The molecule has 6 heterocycles. The Labute approximate surface area is 246 Å². The number of benzene rings is 1. The Balaban J connectivity index is 0.919. The highest BCUT2D eigenvalue weighted by Crippen LogP contribution is 2.33. The average molecular weight is 589 g/mol. The van der Waals surface area contributed by atoms with E-state index in [0.717, 1.165) is 54.7 Å². The lowest BCUT2D eigenvalue weighted by molar-refractivity contribution is 0.0623. The number of aromatic nitrogens is 5. The van der Waals surface area contributed by atoms with Gasteiger partial charge in [-0.1, -0.05) is 6.07 Å². The number of piperazine rings is 1. The van der Waals surface area contributed by atoms with Gasteiger partial charge < -0.3 is 19.3 Å². The van der Waals surface area contributed by atoms with Crippen molar-refractivity contribution in [2.24, 2.45) is 0 Å². The van der Waals surface area contributed by atoms with Gasteiger partial charge >= 0.3 is 0 Å². The predicted molar refractivity (Wildman–Crippen MR) is 154 cm³/mol. The van der Waals surface area contributed by atoms with Crippen molar-refractivity contribution in [2.45, 2.75) is 39.2 Å². The number of aryl methyl sites for hydroxylation is 2. The van der Waals surface area contributed by atoms with Crippen LogP contribution in [-0.2, 0) is 6.54 Å². The van der Waals surface area contributed by atoms with E-state index in [1.807, 2.05) is 47.2 Å². The molecule has 218 valence electrons. The number of hydrogen-bond acceptors (Lipinski definition) is 10. The molecule has 42 heavy (non-hydrogen) atoms. The molecule has 0 saturated carbocycles. The maximum absolute atomic E-state index is 13.3. The number of rotatable bonds is 5. The van der Waals surface area contributed by atoms with Gasteiger partial charge in [0.25, 0.3) is 11.8 Å². The number of carbonyl (C=O) groups is 2. The third kappa shape index (κ3) is 5.07. The van der Waals surface area contributed by atoms with Crippen molar-refractivity contribution in [1.29, 1.82) is 0 Å². The molecule has 0 aliphatic carbocycles. The zero-order valence-electron chi connectivity index (χ0n) is 23.7. The van der Waals surface area contributed by atoms with Gasteiger partial charge in [-0.25, -0.2) is 9.50 Å². The number of piperidine rings is 1. The van der Waals surface area contributed by atoms with Crippen molar-refractivity contribution in [3.63, 3.8) is 0 Å². The number of fused-ring (bicyclic) bond motifs is 2. The first-order chi connectivity index (χ1) is 20.4. The third-order valence-electron chi connectivity index (χ3n) is 8.30. The molecule has 0 bridgehead atoms.